The zero-order valence-electron chi connectivity index (χ0n) is 7.71. The van der Waals surface area contributed by atoms with E-state index in [0.717, 1.165) is 17.5 Å². The van der Waals surface area contributed by atoms with Gasteiger partial charge in [-0.3, -0.25) is 0 Å². The summed E-state index contributed by atoms with van der Waals surface area (Å²) in [4.78, 5) is 14.1. The van der Waals surface area contributed by atoms with Crippen LogP contribution >= 0.6 is 11.3 Å². The Morgan fingerprint density at radius 2 is 2.43 bits per heavy atom. The molecule has 0 fully saturated rings. The summed E-state index contributed by atoms with van der Waals surface area (Å²) in [5.74, 6) is 0.831. The summed E-state index contributed by atoms with van der Waals surface area (Å²) in [5, 5.41) is 2.89. The predicted molar refractivity (Wildman–Crippen MR) is 55.7 cm³/mol. The summed E-state index contributed by atoms with van der Waals surface area (Å²) in [5.41, 5.74) is 0. The Balaban J connectivity index is 2.31. The molecule has 71 valence electrons. The molecule has 0 unspecified atom stereocenters. The van der Waals surface area contributed by atoms with Crippen molar-refractivity contribution in [2.75, 3.05) is 11.4 Å². The number of thiazole rings is 1. The van der Waals surface area contributed by atoms with Crippen LogP contribution in [0.25, 0.3) is 0 Å². The molecule has 0 amide bonds. The van der Waals surface area contributed by atoms with Crippen LogP contribution < -0.4 is 4.90 Å². The van der Waals surface area contributed by atoms with Crippen molar-refractivity contribution >= 4 is 22.3 Å². The van der Waals surface area contributed by atoms with Crippen molar-refractivity contribution in [2.45, 2.75) is 6.92 Å². The lowest BCUT2D eigenvalue weighted by Crippen LogP contribution is -2.16. The molecule has 2 rings (SSSR count). The third-order valence-electron chi connectivity index (χ3n) is 1.76. The quantitative estimate of drug-likeness (QED) is 0.767. The maximum atomic E-state index is 4.23. The average molecular weight is 205 g/mol. The normalized spacial score (nSPS) is 10.1. The van der Waals surface area contributed by atoms with E-state index in [1.165, 1.54) is 0 Å². The molecule has 0 N–H and O–H groups in total. The Morgan fingerprint density at radius 3 is 3.00 bits per heavy atom. The fourth-order valence-electron chi connectivity index (χ4n) is 1.15. The average Bonchev–Trinajstić information content (AvgIpc) is 2.74. The number of hydrogen-bond acceptors (Lipinski definition) is 5. The van der Waals surface area contributed by atoms with E-state index in [4.69, 9.17) is 0 Å². The molecule has 0 atom stereocenters. The van der Waals surface area contributed by atoms with Crippen molar-refractivity contribution in [1.82, 2.24) is 15.0 Å². The number of hydrogen-bond donors (Lipinski definition) is 0. The molecule has 0 saturated carbocycles. The highest BCUT2D eigenvalue weighted by Crippen LogP contribution is 2.23. The highest BCUT2D eigenvalue weighted by Gasteiger charge is 2.09. The maximum Gasteiger partial charge on any atom is 0.199 e. The number of aromatic nitrogens is 3. The van der Waals surface area contributed by atoms with Gasteiger partial charge in [-0.25, -0.2) is 15.0 Å². The van der Waals surface area contributed by atoms with Crippen molar-refractivity contribution in [3.05, 3.63) is 30.2 Å². The van der Waals surface area contributed by atoms with Gasteiger partial charge in [0.25, 0.3) is 0 Å². The van der Waals surface area contributed by atoms with E-state index in [1.807, 2.05) is 16.3 Å². The van der Waals surface area contributed by atoms with Gasteiger partial charge in [0.05, 0.1) is 0 Å². The number of anilines is 2. The Bertz CT molecular complexity index is 373. The van der Waals surface area contributed by atoms with Crippen LogP contribution in [-0.4, -0.2) is 21.5 Å². The van der Waals surface area contributed by atoms with Gasteiger partial charge < -0.3 is 4.90 Å². The summed E-state index contributed by atoms with van der Waals surface area (Å²) >= 11 is 1.59. The van der Waals surface area contributed by atoms with E-state index >= 15 is 0 Å². The zero-order chi connectivity index (χ0) is 9.80. The monoisotopic (exact) mass is 205 g/mol. The molecule has 0 saturated heterocycles. The van der Waals surface area contributed by atoms with E-state index in [2.05, 4.69) is 28.2 Å². The van der Waals surface area contributed by atoms with Crippen LogP contribution in [-0.2, 0) is 0 Å². The Kier molecular flexibility index (Phi) is 2.69. The molecule has 0 aliphatic rings. The van der Waals surface area contributed by atoms with Crippen LogP contribution in [0, 0.1) is 6.33 Å². The van der Waals surface area contributed by atoms with Crippen molar-refractivity contribution in [3.63, 3.8) is 0 Å². The summed E-state index contributed by atoms with van der Waals surface area (Å²) in [6, 6.07) is 1.85. The van der Waals surface area contributed by atoms with E-state index < -0.39 is 0 Å². The molecule has 2 aromatic heterocycles. The third kappa shape index (κ3) is 1.72. The minimum Gasteiger partial charge on any atom is -0.302 e. The van der Waals surface area contributed by atoms with Crippen molar-refractivity contribution < 1.29 is 0 Å². The number of rotatable bonds is 3. The van der Waals surface area contributed by atoms with Crippen LogP contribution in [0.4, 0.5) is 10.9 Å². The van der Waals surface area contributed by atoms with E-state index in [9.17, 15) is 0 Å². The lowest BCUT2D eigenvalue weighted by Gasteiger charge is -2.17. The van der Waals surface area contributed by atoms with Gasteiger partial charge in [-0.1, -0.05) is 0 Å². The Morgan fingerprint density at radius 1 is 1.50 bits per heavy atom. The van der Waals surface area contributed by atoms with E-state index in [0.29, 0.717) is 0 Å². The van der Waals surface area contributed by atoms with Gasteiger partial charge in [-0.2, -0.15) is 0 Å². The van der Waals surface area contributed by atoms with Gasteiger partial charge in [0.15, 0.2) is 11.5 Å². The molecule has 2 aromatic rings. The molecule has 2 heterocycles. The predicted octanol–water partition coefficient (Wildman–Crippen LogP) is 1.89. The molecule has 5 heteroatoms. The maximum absolute atomic E-state index is 4.23. The van der Waals surface area contributed by atoms with Crippen LogP contribution in [0.3, 0.4) is 0 Å². The topological polar surface area (TPSA) is 41.9 Å². The first kappa shape index (κ1) is 9.08. The van der Waals surface area contributed by atoms with Gasteiger partial charge in [0, 0.05) is 24.3 Å². The molecule has 0 spiro atoms. The van der Waals surface area contributed by atoms with Crippen LogP contribution in [0.2, 0.25) is 0 Å². The molecule has 1 radical (unpaired) electrons. The first-order valence-corrected chi connectivity index (χ1v) is 5.16. The second kappa shape index (κ2) is 4.15. The molecule has 0 aliphatic carbocycles. The Hall–Kier alpha value is -1.49. The highest BCUT2D eigenvalue weighted by atomic mass is 32.1. The number of nitrogens with zero attached hydrogens (tertiary/aromatic N) is 4. The molecular weight excluding hydrogens is 196 g/mol. The molecule has 0 aromatic carbocycles. The smallest absolute Gasteiger partial charge is 0.199 e. The molecule has 0 bridgehead atoms. The van der Waals surface area contributed by atoms with E-state index in [-0.39, 0.29) is 0 Å². The second-order valence-electron chi connectivity index (χ2n) is 2.57. The van der Waals surface area contributed by atoms with Crippen LogP contribution in [0.5, 0.6) is 0 Å². The molecule has 0 aliphatic heterocycles. The molecule has 4 nitrogen and oxygen atoms in total. The van der Waals surface area contributed by atoms with Gasteiger partial charge in [-0.05, 0) is 13.0 Å². The minimum atomic E-state index is 0.831. The highest BCUT2D eigenvalue weighted by molar-refractivity contribution is 7.13. The lowest BCUT2D eigenvalue weighted by atomic mass is 10.5. The summed E-state index contributed by atoms with van der Waals surface area (Å²) in [6.45, 7) is 2.89. The lowest BCUT2D eigenvalue weighted by molar-refractivity contribution is 0.964. The second-order valence-corrected chi connectivity index (χ2v) is 3.45. The van der Waals surface area contributed by atoms with Crippen molar-refractivity contribution in [2.24, 2.45) is 0 Å². The van der Waals surface area contributed by atoms with Gasteiger partial charge >= 0.3 is 0 Å². The van der Waals surface area contributed by atoms with Crippen LogP contribution in [0.1, 0.15) is 6.92 Å². The van der Waals surface area contributed by atoms with E-state index in [1.54, 1.807) is 23.7 Å². The van der Waals surface area contributed by atoms with Crippen molar-refractivity contribution in [1.29, 1.82) is 0 Å². The summed E-state index contributed by atoms with van der Waals surface area (Å²) < 4.78 is 0. The van der Waals surface area contributed by atoms with Crippen molar-refractivity contribution in [3.8, 4) is 0 Å². The van der Waals surface area contributed by atoms with Gasteiger partial charge in [0.1, 0.15) is 5.82 Å². The van der Waals surface area contributed by atoms with Gasteiger partial charge in [-0.15, -0.1) is 11.3 Å². The largest absolute Gasteiger partial charge is 0.302 e. The SMILES string of the molecule is CCN(c1ccn[c]n1)c1nccs1. The molecular formula is C9H9N4S. The minimum absolute atomic E-state index is 0.831. The fraction of sp³-hybridized carbons (Fsp3) is 0.222. The fourth-order valence-corrected chi connectivity index (χ4v) is 1.86. The zero-order valence-corrected chi connectivity index (χ0v) is 8.53. The third-order valence-corrected chi connectivity index (χ3v) is 2.56. The standard InChI is InChI=1S/C9H9N4S/c1-2-13(9-11-5-6-14-9)8-3-4-10-7-12-8/h3-6H,2H2,1H3. The Labute approximate surface area is 86.3 Å². The summed E-state index contributed by atoms with van der Waals surface area (Å²) in [7, 11) is 0. The summed E-state index contributed by atoms with van der Waals surface area (Å²) in [6.07, 6.45) is 6.04. The van der Waals surface area contributed by atoms with Crippen LogP contribution in [0.15, 0.2) is 23.8 Å². The molecule has 14 heavy (non-hydrogen) atoms. The first-order chi connectivity index (χ1) is 6.92. The first-order valence-electron chi connectivity index (χ1n) is 4.28. The van der Waals surface area contributed by atoms with Gasteiger partial charge in [0.2, 0.25) is 0 Å².